The molecule has 0 spiro atoms. The van der Waals surface area contributed by atoms with Crippen molar-refractivity contribution < 1.29 is 24.2 Å². The van der Waals surface area contributed by atoms with Gasteiger partial charge in [-0.1, -0.05) is 38.3 Å². The van der Waals surface area contributed by atoms with Gasteiger partial charge < -0.3 is 14.6 Å². The summed E-state index contributed by atoms with van der Waals surface area (Å²) in [5, 5.41) is 9.03. The number of hydrogen-bond acceptors (Lipinski definition) is 4. The smallest absolute Gasteiger partial charge is 0.304 e. The Labute approximate surface area is 150 Å². The quantitative estimate of drug-likeness (QED) is 0.473. The van der Waals surface area contributed by atoms with Crippen LogP contribution in [0, 0.1) is 11.8 Å². The third kappa shape index (κ3) is 6.90. The summed E-state index contributed by atoms with van der Waals surface area (Å²) in [6.45, 7) is 2.93. The molecule has 0 amide bonds. The van der Waals surface area contributed by atoms with Crippen molar-refractivity contribution in [2.45, 2.75) is 83.5 Å². The monoisotopic (exact) mass is 352 g/mol. The van der Waals surface area contributed by atoms with Crippen molar-refractivity contribution in [1.82, 2.24) is 0 Å². The zero-order chi connectivity index (χ0) is 18.1. The average Bonchev–Trinajstić information content (AvgIpc) is 2.93. The van der Waals surface area contributed by atoms with Crippen LogP contribution in [0.25, 0.3) is 0 Å². The summed E-state index contributed by atoms with van der Waals surface area (Å²) in [5.41, 5.74) is 0. The minimum absolute atomic E-state index is 0.0177. The van der Waals surface area contributed by atoms with Crippen molar-refractivity contribution in [2.75, 3.05) is 6.61 Å². The van der Waals surface area contributed by atoms with Gasteiger partial charge in [-0.15, -0.1) is 0 Å². The van der Waals surface area contributed by atoms with Gasteiger partial charge in [0.1, 0.15) is 5.78 Å². The third-order valence-electron chi connectivity index (χ3n) is 5.18. The molecule has 1 N–H and O–H groups in total. The lowest BCUT2D eigenvalue weighted by Gasteiger charge is -2.27. The lowest BCUT2D eigenvalue weighted by molar-refractivity contribution is -0.179. The third-order valence-corrected chi connectivity index (χ3v) is 5.18. The van der Waals surface area contributed by atoms with Crippen LogP contribution in [0.1, 0.15) is 71.1 Å². The maximum absolute atomic E-state index is 11.9. The summed E-state index contributed by atoms with van der Waals surface area (Å²) in [6, 6.07) is 0. The summed E-state index contributed by atoms with van der Waals surface area (Å²) >= 11 is 0. The molecule has 5 nitrogen and oxygen atoms in total. The van der Waals surface area contributed by atoms with Crippen molar-refractivity contribution in [3.05, 3.63) is 12.2 Å². The molecule has 1 saturated carbocycles. The van der Waals surface area contributed by atoms with Gasteiger partial charge in [-0.2, -0.15) is 0 Å². The minimum atomic E-state index is -0.898. The SMILES string of the molecule is CCCCCC(/C=C/C1CCC(=O)C1CC(=O)O)OC1CCCCO1. The number of rotatable bonds is 10. The second-order valence-electron chi connectivity index (χ2n) is 7.22. The number of carboxylic acid groups (broad SMARTS) is 1. The predicted molar refractivity (Wildman–Crippen MR) is 95.2 cm³/mol. The van der Waals surface area contributed by atoms with Gasteiger partial charge in [0.2, 0.25) is 0 Å². The first-order chi connectivity index (χ1) is 12.1. The van der Waals surface area contributed by atoms with Gasteiger partial charge in [0.05, 0.1) is 12.5 Å². The molecule has 0 aromatic rings. The van der Waals surface area contributed by atoms with Crippen LogP contribution in [0.3, 0.4) is 0 Å². The zero-order valence-corrected chi connectivity index (χ0v) is 15.3. The molecule has 0 aromatic heterocycles. The average molecular weight is 352 g/mol. The van der Waals surface area contributed by atoms with Crippen LogP contribution in [0.5, 0.6) is 0 Å². The zero-order valence-electron chi connectivity index (χ0n) is 15.3. The Balaban J connectivity index is 1.94. The van der Waals surface area contributed by atoms with Crippen LogP contribution in [-0.2, 0) is 19.1 Å². The maximum atomic E-state index is 11.9. The van der Waals surface area contributed by atoms with Crippen LogP contribution in [-0.4, -0.2) is 35.9 Å². The highest BCUT2D eigenvalue weighted by Crippen LogP contribution is 2.33. The van der Waals surface area contributed by atoms with Gasteiger partial charge >= 0.3 is 5.97 Å². The number of allylic oxidation sites excluding steroid dienone is 1. The fraction of sp³-hybridized carbons (Fsp3) is 0.800. The first-order valence-electron chi connectivity index (χ1n) is 9.80. The van der Waals surface area contributed by atoms with Crippen molar-refractivity contribution in [3.63, 3.8) is 0 Å². The minimum Gasteiger partial charge on any atom is -0.481 e. The van der Waals surface area contributed by atoms with E-state index in [1.165, 1.54) is 6.42 Å². The number of carbonyl (C=O) groups excluding carboxylic acids is 1. The molecular formula is C20H32O5. The molecule has 2 rings (SSSR count). The Bertz CT molecular complexity index is 453. The molecule has 0 radical (unpaired) electrons. The second-order valence-corrected chi connectivity index (χ2v) is 7.22. The number of unbranched alkanes of at least 4 members (excludes halogenated alkanes) is 2. The van der Waals surface area contributed by atoms with E-state index in [0.29, 0.717) is 6.42 Å². The number of aliphatic carboxylic acids is 1. The first-order valence-corrected chi connectivity index (χ1v) is 9.80. The number of carboxylic acids is 1. The fourth-order valence-electron chi connectivity index (χ4n) is 3.70. The van der Waals surface area contributed by atoms with E-state index < -0.39 is 5.97 Å². The Morgan fingerprint density at radius 2 is 2.20 bits per heavy atom. The summed E-state index contributed by atoms with van der Waals surface area (Å²) in [5.74, 6) is -1.18. The second kappa shape index (κ2) is 10.7. The van der Waals surface area contributed by atoms with Crippen molar-refractivity contribution in [2.24, 2.45) is 11.8 Å². The van der Waals surface area contributed by atoms with Crippen LogP contribution >= 0.6 is 0 Å². The Morgan fingerprint density at radius 3 is 2.88 bits per heavy atom. The van der Waals surface area contributed by atoms with Crippen LogP contribution in [0.15, 0.2) is 12.2 Å². The van der Waals surface area contributed by atoms with E-state index in [9.17, 15) is 9.59 Å². The highest BCUT2D eigenvalue weighted by Gasteiger charge is 2.34. The Hall–Kier alpha value is -1.20. The van der Waals surface area contributed by atoms with Crippen molar-refractivity contribution in [1.29, 1.82) is 0 Å². The van der Waals surface area contributed by atoms with E-state index in [1.54, 1.807) is 0 Å². The van der Waals surface area contributed by atoms with E-state index in [-0.39, 0.29) is 36.4 Å². The van der Waals surface area contributed by atoms with Crippen LogP contribution < -0.4 is 0 Å². The number of ketones is 1. The molecule has 0 bridgehead atoms. The predicted octanol–water partition coefficient (Wildman–Crippen LogP) is 4.10. The summed E-state index contributed by atoms with van der Waals surface area (Å²) in [7, 11) is 0. The Kier molecular flexibility index (Phi) is 8.62. The highest BCUT2D eigenvalue weighted by molar-refractivity contribution is 5.87. The summed E-state index contributed by atoms with van der Waals surface area (Å²) in [4.78, 5) is 22.9. The van der Waals surface area contributed by atoms with E-state index in [0.717, 1.165) is 51.6 Å². The van der Waals surface area contributed by atoms with Crippen molar-refractivity contribution in [3.8, 4) is 0 Å². The molecule has 4 atom stereocenters. The number of hydrogen-bond donors (Lipinski definition) is 1. The molecule has 1 aliphatic heterocycles. The lowest BCUT2D eigenvalue weighted by atomic mass is 9.91. The van der Waals surface area contributed by atoms with Gasteiger partial charge in [0.25, 0.3) is 0 Å². The normalized spacial score (nSPS) is 28.5. The molecule has 1 heterocycles. The van der Waals surface area contributed by atoms with E-state index >= 15 is 0 Å². The Morgan fingerprint density at radius 1 is 1.36 bits per heavy atom. The topological polar surface area (TPSA) is 72.8 Å². The number of carbonyl (C=O) groups is 2. The molecule has 1 aliphatic carbocycles. The molecule has 4 unspecified atom stereocenters. The van der Waals surface area contributed by atoms with E-state index in [2.05, 4.69) is 6.92 Å². The number of ether oxygens (including phenoxy) is 2. The van der Waals surface area contributed by atoms with Gasteiger partial charge in [0, 0.05) is 18.9 Å². The standard InChI is InChI=1S/C20H32O5/c1-2-3-4-7-16(25-20-8-5-6-13-24-20)11-9-15-10-12-18(21)17(15)14-19(22)23/h9,11,15-17,20H,2-8,10,12-14H2,1H3,(H,22,23)/b11-9+. The molecular weight excluding hydrogens is 320 g/mol. The van der Waals surface area contributed by atoms with Crippen LogP contribution in [0.4, 0.5) is 0 Å². The lowest BCUT2D eigenvalue weighted by Crippen LogP contribution is -2.27. The van der Waals surface area contributed by atoms with E-state index in [1.807, 2.05) is 12.2 Å². The number of Topliss-reactive ketones (excluding diaryl/α,β-unsaturated/α-hetero) is 1. The summed E-state index contributed by atoms with van der Waals surface area (Å²) < 4.78 is 11.8. The van der Waals surface area contributed by atoms with Crippen molar-refractivity contribution >= 4 is 11.8 Å². The largest absolute Gasteiger partial charge is 0.481 e. The fourth-order valence-corrected chi connectivity index (χ4v) is 3.70. The van der Waals surface area contributed by atoms with Crippen LogP contribution in [0.2, 0.25) is 0 Å². The van der Waals surface area contributed by atoms with Gasteiger partial charge in [0.15, 0.2) is 6.29 Å². The molecule has 5 heteroatoms. The summed E-state index contributed by atoms with van der Waals surface area (Å²) in [6.07, 6.45) is 12.6. The first kappa shape index (κ1) is 20.1. The molecule has 0 aromatic carbocycles. The molecule has 2 fully saturated rings. The van der Waals surface area contributed by atoms with Gasteiger partial charge in [-0.3, -0.25) is 9.59 Å². The molecule has 2 aliphatic rings. The van der Waals surface area contributed by atoms with E-state index in [4.69, 9.17) is 14.6 Å². The maximum Gasteiger partial charge on any atom is 0.304 e. The molecule has 1 saturated heterocycles. The van der Waals surface area contributed by atoms with Gasteiger partial charge in [-0.05, 0) is 38.0 Å². The molecule has 25 heavy (non-hydrogen) atoms. The van der Waals surface area contributed by atoms with Gasteiger partial charge in [-0.25, -0.2) is 0 Å². The molecule has 142 valence electrons. The highest BCUT2D eigenvalue weighted by atomic mass is 16.7.